The molecule has 0 aromatic heterocycles. The van der Waals surface area contributed by atoms with Crippen LogP contribution in [0.3, 0.4) is 0 Å². The monoisotopic (exact) mass is 388 g/mol. The number of carbonyl (C=O) groups is 3. The minimum atomic E-state index is -0.559. The Morgan fingerprint density at radius 2 is 2.11 bits per heavy atom. The third kappa shape index (κ3) is 3.61. The Hall–Kier alpha value is -1.90. The number of hydrogen-bond donors (Lipinski definition) is 3. The van der Waals surface area contributed by atoms with Gasteiger partial charge < -0.3 is 15.5 Å². The molecule has 3 aliphatic rings. The number of thioether (sulfide) groups is 1. The first-order chi connectivity index (χ1) is 13.1. The largest absolute Gasteiger partial charge is 0.322 e. The molecule has 0 bridgehead atoms. The summed E-state index contributed by atoms with van der Waals surface area (Å²) in [6, 6.07) is 5.78. The number of hydrogen-bond acceptors (Lipinski definition) is 6. The quantitative estimate of drug-likeness (QED) is 0.626. The minimum absolute atomic E-state index is 0.124. The van der Waals surface area contributed by atoms with E-state index >= 15 is 0 Å². The van der Waals surface area contributed by atoms with E-state index in [1.807, 2.05) is 23.9 Å². The highest BCUT2D eigenvalue weighted by Crippen LogP contribution is 2.28. The van der Waals surface area contributed by atoms with Crippen LogP contribution in [0.1, 0.15) is 34.3 Å². The maximum absolute atomic E-state index is 12.7. The maximum Gasteiger partial charge on any atom is 0.255 e. The molecule has 144 valence electrons. The molecule has 3 aliphatic heterocycles. The molecule has 3 atom stereocenters. The molecule has 0 spiro atoms. The van der Waals surface area contributed by atoms with Gasteiger partial charge in [-0.2, -0.15) is 11.8 Å². The topological polar surface area (TPSA) is 90.5 Å². The zero-order valence-electron chi connectivity index (χ0n) is 15.3. The molecule has 0 radical (unpaired) electrons. The van der Waals surface area contributed by atoms with Crippen LogP contribution in [0.4, 0.5) is 0 Å². The summed E-state index contributed by atoms with van der Waals surface area (Å²) in [6.07, 6.45) is 2.80. The summed E-state index contributed by atoms with van der Waals surface area (Å²) in [5.41, 5.74) is 2.75. The molecule has 1 unspecified atom stereocenters. The van der Waals surface area contributed by atoms with Gasteiger partial charge in [0.05, 0.1) is 0 Å². The van der Waals surface area contributed by atoms with Gasteiger partial charge in [-0.1, -0.05) is 12.1 Å². The Kier molecular flexibility index (Phi) is 5.21. The van der Waals surface area contributed by atoms with Crippen molar-refractivity contribution in [2.24, 2.45) is 0 Å². The normalized spacial score (nSPS) is 27.8. The summed E-state index contributed by atoms with van der Waals surface area (Å²) < 4.78 is 0. The summed E-state index contributed by atoms with van der Waals surface area (Å²) in [5.74, 6) is -0.758. The number of piperidine rings is 1. The second-order valence-corrected chi connectivity index (χ2v) is 8.39. The zero-order valence-corrected chi connectivity index (χ0v) is 16.1. The average Bonchev–Trinajstić information content (AvgIpc) is 3.24. The van der Waals surface area contributed by atoms with Crippen LogP contribution in [0.2, 0.25) is 0 Å². The van der Waals surface area contributed by atoms with Gasteiger partial charge in [-0.3, -0.25) is 19.7 Å². The fourth-order valence-corrected chi connectivity index (χ4v) is 4.90. The number of fused-ring (bicyclic) bond motifs is 1. The molecule has 2 saturated heterocycles. The second kappa shape index (κ2) is 7.61. The third-order valence-electron chi connectivity index (χ3n) is 5.62. The number of amides is 3. The number of rotatable bonds is 5. The van der Waals surface area contributed by atoms with Crippen LogP contribution >= 0.6 is 11.8 Å². The number of nitrogens with zero attached hydrogens (tertiary/aromatic N) is 1. The van der Waals surface area contributed by atoms with E-state index in [4.69, 9.17) is 0 Å². The van der Waals surface area contributed by atoms with Crippen LogP contribution in [-0.2, 0) is 22.7 Å². The van der Waals surface area contributed by atoms with Crippen molar-refractivity contribution in [2.45, 2.75) is 43.3 Å². The summed E-state index contributed by atoms with van der Waals surface area (Å²) in [7, 11) is 0. The van der Waals surface area contributed by atoms with E-state index < -0.39 is 6.04 Å². The van der Waals surface area contributed by atoms with Crippen LogP contribution in [0.5, 0.6) is 0 Å². The van der Waals surface area contributed by atoms with Gasteiger partial charge in [-0.05, 0) is 29.9 Å². The second-order valence-electron chi connectivity index (χ2n) is 7.31. The summed E-state index contributed by atoms with van der Waals surface area (Å²) in [4.78, 5) is 37.8. The number of nitrogens with one attached hydrogen (secondary N) is 3. The van der Waals surface area contributed by atoms with E-state index in [2.05, 4.69) is 28.3 Å². The molecule has 1 aromatic carbocycles. The standard InChI is InChI=1S/C19H24N4O3S/c1-27-16-9-20-8-14(16)21-7-11-2-3-13-12(6-11)10-23(19(13)26)15-4-5-17(24)22-18(15)25/h2-3,6,14-16,20-21H,4-5,7-10H2,1H3,(H,22,24,25)/t14-,15?,16-/m1/s1. The predicted molar refractivity (Wildman–Crippen MR) is 103 cm³/mol. The van der Waals surface area contributed by atoms with Crippen molar-refractivity contribution in [3.05, 3.63) is 34.9 Å². The maximum atomic E-state index is 12.7. The van der Waals surface area contributed by atoms with Crippen LogP contribution in [0.15, 0.2) is 18.2 Å². The Labute approximate surface area is 162 Å². The first-order valence-electron chi connectivity index (χ1n) is 9.30. The van der Waals surface area contributed by atoms with Crippen LogP contribution in [-0.4, -0.2) is 59.3 Å². The number of benzene rings is 1. The van der Waals surface area contributed by atoms with Crippen molar-refractivity contribution in [1.82, 2.24) is 20.9 Å². The van der Waals surface area contributed by atoms with Crippen LogP contribution in [0, 0.1) is 0 Å². The summed E-state index contributed by atoms with van der Waals surface area (Å²) >= 11 is 1.87. The molecule has 1 aromatic rings. The Balaban J connectivity index is 1.43. The van der Waals surface area contributed by atoms with E-state index in [0.29, 0.717) is 29.8 Å². The summed E-state index contributed by atoms with van der Waals surface area (Å²) in [6.45, 7) is 3.17. The van der Waals surface area contributed by atoms with E-state index in [1.54, 1.807) is 4.90 Å². The molecule has 3 heterocycles. The lowest BCUT2D eigenvalue weighted by atomic mass is 10.0. The van der Waals surface area contributed by atoms with E-state index in [1.165, 1.54) is 0 Å². The van der Waals surface area contributed by atoms with Crippen LogP contribution in [0.25, 0.3) is 0 Å². The smallest absolute Gasteiger partial charge is 0.255 e. The number of carbonyl (C=O) groups excluding carboxylic acids is 3. The van der Waals surface area contributed by atoms with Gasteiger partial charge >= 0.3 is 0 Å². The molecule has 0 saturated carbocycles. The van der Waals surface area contributed by atoms with Crippen LogP contribution < -0.4 is 16.0 Å². The molecular weight excluding hydrogens is 364 g/mol. The predicted octanol–water partition coefficient (Wildman–Crippen LogP) is 0.241. The van der Waals surface area contributed by atoms with Gasteiger partial charge in [-0.25, -0.2) is 0 Å². The minimum Gasteiger partial charge on any atom is -0.322 e. The lowest BCUT2D eigenvalue weighted by molar-refractivity contribution is -0.136. The van der Waals surface area contributed by atoms with Crippen molar-refractivity contribution < 1.29 is 14.4 Å². The molecule has 7 nitrogen and oxygen atoms in total. The molecule has 0 aliphatic carbocycles. The molecule has 3 N–H and O–H groups in total. The number of imide groups is 1. The van der Waals surface area contributed by atoms with E-state index in [0.717, 1.165) is 30.8 Å². The van der Waals surface area contributed by atoms with Crippen molar-refractivity contribution in [3.8, 4) is 0 Å². The van der Waals surface area contributed by atoms with Gasteiger partial charge in [0.2, 0.25) is 11.8 Å². The van der Waals surface area contributed by atoms with Gasteiger partial charge in [0.25, 0.3) is 5.91 Å². The summed E-state index contributed by atoms with van der Waals surface area (Å²) in [5, 5.41) is 9.92. The highest BCUT2D eigenvalue weighted by molar-refractivity contribution is 7.99. The van der Waals surface area contributed by atoms with Gasteiger partial charge in [-0.15, -0.1) is 0 Å². The van der Waals surface area contributed by atoms with Gasteiger partial charge in [0.15, 0.2) is 0 Å². The highest BCUT2D eigenvalue weighted by atomic mass is 32.2. The molecular formula is C19H24N4O3S. The lowest BCUT2D eigenvalue weighted by Crippen LogP contribution is -2.52. The molecule has 3 amide bonds. The Morgan fingerprint density at radius 3 is 2.89 bits per heavy atom. The van der Waals surface area contributed by atoms with Crippen molar-refractivity contribution >= 4 is 29.5 Å². The SMILES string of the molecule is CS[C@@H]1CNC[C@H]1NCc1ccc2c(c1)CN(C1CCC(=O)NC1=O)C2=O. The highest BCUT2D eigenvalue weighted by Gasteiger charge is 2.39. The fourth-order valence-electron chi connectivity index (χ4n) is 4.09. The molecule has 2 fully saturated rings. The average molecular weight is 388 g/mol. The zero-order chi connectivity index (χ0) is 19.0. The first kappa shape index (κ1) is 18.5. The van der Waals surface area contributed by atoms with Gasteiger partial charge in [0.1, 0.15) is 6.04 Å². The Morgan fingerprint density at radius 1 is 1.26 bits per heavy atom. The van der Waals surface area contributed by atoms with Crippen molar-refractivity contribution in [1.29, 1.82) is 0 Å². The Bertz CT molecular complexity index is 784. The van der Waals surface area contributed by atoms with Gasteiger partial charge in [0, 0.05) is 49.5 Å². The van der Waals surface area contributed by atoms with E-state index in [-0.39, 0.29) is 24.1 Å². The molecule has 4 rings (SSSR count). The first-order valence-corrected chi connectivity index (χ1v) is 10.6. The molecule has 27 heavy (non-hydrogen) atoms. The molecule has 8 heteroatoms. The van der Waals surface area contributed by atoms with Crippen molar-refractivity contribution in [2.75, 3.05) is 19.3 Å². The fraction of sp³-hybridized carbons (Fsp3) is 0.526. The van der Waals surface area contributed by atoms with Crippen molar-refractivity contribution in [3.63, 3.8) is 0 Å². The van der Waals surface area contributed by atoms with E-state index in [9.17, 15) is 14.4 Å². The third-order valence-corrected chi connectivity index (χ3v) is 6.72. The lowest BCUT2D eigenvalue weighted by Gasteiger charge is -2.29.